The molecule has 0 spiro atoms. The molecule has 6 nitrogen and oxygen atoms in total. The van der Waals surface area contributed by atoms with E-state index in [2.05, 4.69) is 5.32 Å². The number of phenols is 1. The van der Waals surface area contributed by atoms with Gasteiger partial charge in [0.15, 0.2) is 0 Å². The number of furan rings is 1. The number of phenolic OH excluding ortho intramolecular Hbond substituents is 1. The van der Waals surface area contributed by atoms with Crippen LogP contribution in [0.25, 0.3) is 0 Å². The third-order valence-electron chi connectivity index (χ3n) is 3.77. The number of nitrogens with one attached hydrogen (secondary N) is 1. The molecule has 0 radical (unpaired) electrons. The molecule has 3 rings (SSSR count). The topological polar surface area (TPSA) is 88.8 Å². The van der Waals surface area contributed by atoms with Crippen LogP contribution in [0.15, 0.2) is 65.3 Å². The van der Waals surface area contributed by atoms with Crippen LogP contribution >= 0.6 is 0 Å². The van der Waals surface area contributed by atoms with E-state index in [1.54, 1.807) is 43.3 Å². The molecule has 26 heavy (non-hydrogen) atoms. The molecule has 0 bridgehead atoms. The Morgan fingerprint density at radius 2 is 1.88 bits per heavy atom. The molecule has 2 aromatic carbocycles. The van der Waals surface area contributed by atoms with E-state index in [0.717, 1.165) is 0 Å². The van der Waals surface area contributed by atoms with E-state index < -0.39 is 5.97 Å². The number of carbonyl (C=O) groups excluding carboxylic acids is 2. The van der Waals surface area contributed by atoms with Crippen LogP contribution in [0.2, 0.25) is 0 Å². The molecule has 0 unspecified atom stereocenters. The summed E-state index contributed by atoms with van der Waals surface area (Å²) in [5.41, 5.74) is 1.49. The lowest BCUT2D eigenvalue weighted by atomic mass is 10.1. The number of aryl methyl sites for hydroxylation is 1. The Labute approximate surface area is 150 Å². The van der Waals surface area contributed by atoms with Crippen LogP contribution in [0, 0.1) is 6.92 Å². The normalized spacial score (nSPS) is 10.3. The maximum absolute atomic E-state index is 12.3. The maximum Gasteiger partial charge on any atom is 0.342 e. The minimum absolute atomic E-state index is 0.0366. The molecule has 1 amide bonds. The van der Waals surface area contributed by atoms with Gasteiger partial charge in [0.1, 0.15) is 23.7 Å². The van der Waals surface area contributed by atoms with Gasteiger partial charge in [0.25, 0.3) is 5.91 Å². The smallest absolute Gasteiger partial charge is 0.342 e. The summed E-state index contributed by atoms with van der Waals surface area (Å²) in [6.07, 6.45) is 1.48. The van der Waals surface area contributed by atoms with Crippen LogP contribution in [0.1, 0.15) is 32.0 Å². The predicted molar refractivity (Wildman–Crippen MR) is 95.1 cm³/mol. The van der Waals surface area contributed by atoms with Crippen LogP contribution in [0.4, 0.5) is 5.69 Å². The first kappa shape index (κ1) is 17.3. The molecule has 0 saturated carbocycles. The zero-order valence-corrected chi connectivity index (χ0v) is 14.1. The van der Waals surface area contributed by atoms with Crippen molar-refractivity contribution in [3.05, 3.63) is 83.3 Å². The van der Waals surface area contributed by atoms with E-state index >= 15 is 0 Å². The Morgan fingerprint density at radius 3 is 2.58 bits per heavy atom. The monoisotopic (exact) mass is 351 g/mol. The SMILES string of the molecule is Cc1cc(O)c(C(=O)OCc2ccco2)cc1NC(=O)c1ccccc1. The van der Waals surface area contributed by atoms with Gasteiger partial charge in [0.2, 0.25) is 0 Å². The number of rotatable bonds is 5. The quantitative estimate of drug-likeness (QED) is 0.537. The van der Waals surface area contributed by atoms with Crippen molar-refractivity contribution in [3.8, 4) is 5.75 Å². The number of esters is 1. The zero-order valence-electron chi connectivity index (χ0n) is 14.1. The van der Waals surface area contributed by atoms with Crippen molar-refractivity contribution in [1.82, 2.24) is 0 Å². The van der Waals surface area contributed by atoms with Crippen molar-refractivity contribution in [2.45, 2.75) is 13.5 Å². The van der Waals surface area contributed by atoms with Gasteiger partial charge in [0, 0.05) is 11.3 Å². The van der Waals surface area contributed by atoms with Crippen molar-refractivity contribution in [1.29, 1.82) is 0 Å². The van der Waals surface area contributed by atoms with Crippen LogP contribution < -0.4 is 5.32 Å². The zero-order chi connectivity index (χ0) is 18.5. The molecular weight excluding hydrogens is 334 g/mol. The van der Waals surface area contributed by atoms with Crippen molar-refractivity contribution >= 4 is 17.6 Å². The average molecular weight is 351 g/mol. The number of ether oxygens (including phenoxy) is 1. The Kier molecular flexibility index (Phi) is 5.03. The standard InChI is InChI=1S/C20H17NO5/c1-13-10-18(22)16(20(24)26-12-15-8-5-9-25-15)11-17(13)21-19(23)14-6-3-2-4-7-14/h2-11,22H,12H2,1H3,(H,21,23). The summed E-state index contributed by atoms with van der Waals surface area (Å²) in [7, 11) is 0. The number of aromatic hydroxyl groups is 1. The van der Waals surface area contributed by atoms with E-state index in [9.17, 15) is 14.7 Å². The fourth-order valence-corrected chi connectivity index (χ4v) is 2.38. The third kappa shape index (κ3) is 3.92. The molecule has 1 aromatic heterocycles. The number of carbonyl (C=O) groups is 2. The number of hydrogen-bond acceptors (Lipinski definition) is 5. The molecule has 0 atom stereocenters. The van der Waals surface area contributed by atoms with Gasteiger partial charge in [-0.1, -0.05) is 18.2 Å². The highest BCUT2D eigenvalue weighted by Crippen LogP contribution is 2.27. The molecule has 0 aliphatic carbocycles. The highest BCUT2D eigenvalue weighted by Gasteiger charge is 2.17. The van der Waals surface area contributed by atoms with Crippen molar-refractivity contribution < 1.29 is 23.8 Å². The van der Waals surface area contributed by atoms with Gasteiger partial charge >= 0.3 is 5.97 Å². The highest BCUT2D eigenvalue weighted by molar-refractivity contribution is 6.05. The van der Waals surface area contributed by atoms with E-state index in [1.165, 1.54) is 18.4 Å². The van der Waals surface area contributed by atoms with E-state index in [0.29, 0.717) is 22.6 Å². The third-order valence-corrected chi connectivity index (χ3v) is 3.77. The van der Waals surface area contributed by atoms with Gasteiger partial charge in [-0.25, -0.2) is 4.79 Å². The van der Waals surface area contributed by atoms with Crippen LogP contribution in [-0.2, 0) is 11.3 Å². The first-order valence-corrected chi connectivity index (χ1v) is 7.94. The molecular formula is C20H17NO5. The molecule has 3 aromatic rings. The van der Waals surface area contributed by atoms with Gasteiger partial charge in [-0.15, -0.1) is 0 Å². The fraction of sp³-hybridized carbons (Fsp3) is 0.100. The molecule has 6 heteroatoms. The summed E-state index contributed by atoms with van der Waals surface area (Å²) in [5, 5.41) is 12.8. The summed E-state index contributed by atoms with van der Waals surface area (Å²) in [6, 6.07) is 14.9. The summed E-state index contributed by atoms with van der Waals surface area (Å²) in [5.74, 6) is -0.754. The number of amides is 1. The minimum atomic E-state index is -0.714. The minimum Gasteiger partial charge on any atom is -0.507 e. The molecule has 132 valence electrons. The van der Waals surface area contributed by atoms with Crippen LogP contribution in [-0.4, -0.2) is 17.0 Å². The summed E-state index contributed by atoms with van der Waals surface area (Å²) in [6.45, 7) is 1.67. The Bertz CT molecular complexity index is 917. The van der Waals surface area contributed by atoms with Gasteiger partial charge < -0.3 is 19.6 Å². The highest BCUT2D eigenvalue weighted by atomic mass is 16.5. The van der Waals surface area contributed by atoms with E-state index in [4.69, 9.17) is 9.15 Å². The summed E-state index contributed by atoms with van der Waals surface area (Å²) in [4.78, 5) is 24.6. The molecule has 1 heterocycles. The molecule has 0 saturated heterocycles. The summed E-state index contributed by atoms with van der Waals surface area (Å²) >= 11 is 0. The molecule has 0 fully saturated rings. The van der Waals surface area contributed by atoms with E-state index in [-0.39, 0.29) is 23.8 Å². The number of benzene rings is 2. The molecule has 0 aliphatic rings. The van der Waals surface area contributed by atoms with Crippen molar-refractivity contribution in [2.75, 3.05) is 5.32 Å². The second-order valence-electron chi connectivity index (χ2n) is 5.66. The summed E-state index contributed by atoms with van der Waals surface area (Å²) < 4.78 is 10.2. The van der Waals surface area contributed by atoms with Crippen LogP contribution in [0.3, 0.4) is 0 Å². The second-order valence-corrected chi connectivity index (χ2v) is 5.66. The first-order chi connectivity index (χ1) is 12.5. The van der Waals surface area contributed by atoms with Gasteiger partial charge in [-0.05, 0) is 48.9 Å². The van der Waals surface area contributed by atoms with Crippen molar-refractivity contribution in [3.63, 3.8) is 0 Å². The number of hydrogen-bond donors (Lipinski definition) is 2. The van der Waals surface area contributed by atoms with Gasteiger partial charge in [0.05, 0.1) is 6.26 Å². The van der Waals surface area contributed by atoms with Crippen molar-refractivity contribution in [2.24, 2.45) is 0 Å². The Morgan fingerprint density at radius 1 is 1.12 bits per heavy atom. The molecule has 0 aliphatic heterocycles. The fourth-order valence-electron chi connectivity index (χ4n) is 2.38. The number of anilines is 1. The van der Waals surface area contributed by atoms with E-state index in [1.807, 2.05) is 6.07 Å². The predicted octanol–water partition coefficient (Wildman–Crippen LogP) is 3.90. The van der Waals surface area contributed by atoms with Gasteiger partial charge in [-0.3, -0.25) is 4.79 Å². The Balaban J connectivity index is 1.78. The molecule has 2 N–H and O–H groups in total. The average Bonchev–Trinajstić information content (AvgIpc) is 3.16. The lowest BCUT2D eigenvalue weighted by Gasteiger charge is -2.12. The lowest BCUT2D eigenvalue weighted by molar-refractivity contribution is 0.0442. The van der Waals surface area contributed by atoms with Gasteiger partial charge in [-0.2, -0.15) is 0 Å². The lowest BCUT2D eigenvalue weighted by Crippen LogP contribution is -2.14. The largest absolute Gasteiger partial charge is 0.507 e. The van der Waals surface area contributed by atoms with Crippen LogP contribution in [0.5, 0.6) is 5.75 Å². The Hall–Kier alpha value is -3.54. The first-order valence-electron chi connectivity index (χ1n) is 7.94. The maximum atomic E-state index is 12.3. The second kappa shape index (κ2) is 7.57.